The van der Waals surface area contributed by atoms with Crippen LogP contribution >= 0.6 is 34.8 Å². The van der Waals surface area contributed by atoms with E-state index in [1.165, 1.54) is 18.3 Å². The summed E-state index contributed by atoms with van der Waals surface area (Å²) in [5, 5.41) is 15.6. The number of carboxylic acid groups (broad SMARTS) is 1. The summed E-state index contributed by atoms with van der Waals surface area (Å²) in [7, 11) is 0. The molecule has 4 rings (SSSR count). The number of aromatic nitrogens is 5. The van der Waals surface area contributed by atoms with E-state index >= 15 is 0 Å². The van der Waals surface area contributed by atoms with Crippen LogP contribution in [0.4, 0.5) is 43.9 Å². The Labute approximate surface area is 264 Å². The number of rotatable bonds is 9. The van der Waals surface area contributed by atoms with E-state index < -0.39 is 83.3 Å². The van der Waals surface area contributed by atoms with Crippen molar-refractivity contribution in [2.75, 3.05) is 0 Å². The van der Waals surface area contributed by atoms with Crippen LogP contribution in [0.5, 0.6) is 0 Å². The quantitative estimate of drug-likeness (QED) is 0.139. The molecule has 1 aromatic carbocycles. The molecule has 0 saturated heterocycles. The van der Waals surface area contributed by atoms with Crippen molar-refractivity contribution in [3.63, 3.8) is 0 Å². The third-order valence-electron chi connectivity index (χ3n) is 6.17. The van der Waals surface area contributed by atoms with Gasteiger partial charge in [-0.25, -0.2) is 14.5 Å². The normalized spacial score (nSPS) is 12.9. The van der Waals surface area contributed by atoms with Crippen molar-refractivity contribution in [2.24, 2.45) is 0 Å². The van der Waals surface area contributed by atoms with Gasteiger partial charge in [-0.2, -0.15) is 54.1 Å². The fourth-order valence-corrected chi connectivity index (χ4v) is 4.80. The van der Waals surface area contributed by atoms with E-state index in [1.54, 1.807) is 0 Å². The van der Waals surface area contributed by atoms with Crippen molar-refractivity contribution in [1.29, 1.82) is 0 Å². The van der Waals surface area contributed by atoms with E-state index in [4.69, 9.17) is 34.8 Å². The molecule has 4 aromatic rings. The van der Waals surface area contributed by atoms with E-state index in [0.717, 1.165) is 18.2 Å². The van der Waals surface area contributed by atoms with Crippen molar-refractivity contribution in [1.82, 2.24) is 24.5 Å². The molecule has 46 heavy (non-hydrogen) atoms. The molecule has 3 heterocycles. The number of pyridine rings is 1. The Morgan fingerprint density at radius 1 is 0.870 bits per heavy atom. The average Bonchev–Trinajstić information content (AvgIpc) is 3.55. The van der Waals surface area contributed by atoms with E-state index in [2.05, 4.69) is 15.2 Å². The predicted octanol–water partition coefficient (Wildman–Crippen LogP) is 7.90. The number of ketones is 1. The van der Waals surface area contributed by atoms with Crippen LogP contribution in [0.1, 0.15) is 43.5 Å². The standard InChI is InChI=1S/C25H12Cl3F10N5O3/c26-10-4-13(21(45)46)12(15(28)5-10)7-17(44)16-6-11(40-43(16)20-14(27)2-1-3-39-20)9-42-19(23(31,32)33)8-18(41-42)22(29,30)24(34,35)25(36,37)38/h1-6,8H,7,9H2,(H,45,46). The molecule has 0 aliphatic rings. The topological polar surface area (TPSA) is 103 Å². The monoisotopic (exact) mass is 725 g/mol. The zero-order chi connectivity index (χ0) is 34.6. The maximum Gasteiger partial charge on any atom is 0.460 e. The lowest BCUT2D eigenvalue weighted by Gasteiger charge is -2.26. The molecule has 21 heteroatoms. The van der Waals surface area contributed by atoms with Crippen LogP contribution < -0.4 is 0 Å². The molecule has 0 unspecified atom stereocenters. The molecule has 0 bridgehead atoms. The smallest absolute Gasteiger partial charge is 0.460 e. The van der Waals surface area contributed by atoms with Gasteiger partial charge >= 0.3 is 30.2 Å². The third kappa shape index (κ3) is 6.50. The van der Waals surface area contributed by atoms with Gasteiger partial charge in [-0.05, 0) is 42.0 Å². The van der Waals surface area contributed by atoms with Crippen molar-refractivity contribution >= 4 is 46.6 Å². The maximum atomic E-state index is 14.3. The number of Topliss-reactive ketones (excluding diaryl/α,β-unsaturated/α-hetero) is 1. The van der Waals surface area contributed by atoms with Gasteiger partial charge in [-0.3, -0.25) is 9.48 Å². The summed E-state index contributed by atoms with van der Waals surface area (Å²) in [5.74, 6) is -15.9. The Bertz CT molecular complexity index is 1840. The zero-order valence-corrected chi connectivity index (χ0v) is 24.1. The minimum Gasteiger partial charge on any atom is -0.478 e. The molecule has 3 aromatic heterocycles. The van der Waals surface area contributed by atoms with Crippen LogP contribution in [0.3, 0.4) is 0 Å². The van der Waals surface area contributed by atoms with Gasteiger partial charge in [0.15, 0.2) is 11.6 Å². The first-order chi connectivity index (χ1) is 21.1. The second-order valence-corrected chi connectivity index (χ2v) is 10.5. The molecule has 0 fully saturated rings. The molecule has 0 spiro atoms. The molecule has 0 aliphatic carbocycles. The average molecular weight is 727 g/mol. The van der Waals surface area contributed by atoms with Crippen LogP contribution in [0.25, 0.3) is 5.82 Å². The van der Waals surface area contributed by atoms with Gasteiger partial charge < -0.3 is 5.11 Å². The Kier molecular flexibility index (Phi) is 9.15. The van der Waals surface area contributed by atoms with Crippen molar-refractivity contribution in [3.05, 3.63) is 91.6 Å². The number of carboxylic acids is 1. The summed E-state index contributed by atoms with van der Waals surface area (Å²) < 4.78 is 135. The lowest BCUT2D eigenvalue weighted by molar-refractivity contribution is -0.360. The van der Waals surface area contributed by atoms with Gasteiger partial charge in [0.2, 0.25) is 0 Å². The van der Waals surface area contributed by atoms with Crippen LogP contribution in [-0.2, 0) is 25.1 Å². The lowest BCUT2D eigenvalue weighted by atomic mass is 10.0. The molecule has 246 valence electrons. The van der Waals surface area contributed by atoms with Gasteiger partial charge in [-0.15, -0.1) is 0 Å². The Hall–Kier alpha value is -3.90. The summed E-state index contributed by atoms with van der Waals surface area (Å²) in [6.45, 7) is -1.30. The first-order valence-corrected chi connectivity index (χ1v) is 13.1. The van der Waals surface area contributed by atoms with Crippen LogP contribution in [0.15, 0.2) is 42.6 Å². The largest absolute Gasteiger partial charge is 0.478 e. The van der Waals surface area contributed by atoms with Crippen LogP contribution in [0.2, 0.25) is 15.1 Å². The minimum absolute atomic E-state index is 0.0937. The highest BCUT2D eigenvalue weighted by atomic mass is 35.5. The Morgan fingerprint density at radius 3 is 2.09 bits per heavy atom. The fraction of sp³-hybridized carbons (Fsp3) is 0.240. The summed E-state index contributed by atoms with van der Waals surface area (Å²) in [6, 6.07) is 4.85. The number of carbonyl (C=O) groups excluding carboxylic acids is 1. The Morgan fingerprint density at radius 2 is 1.52 bits per heavy atom. The number of aromatic carboxylic acids is 1. The lowest BCUT2D eigenvalue weighted by Crippen LogP contribution is -2.50. The molecule has 0 atom stereocenters. The van der Waals surface area contributed by atoms with Crippen molar-refractivity contribution < 1.29 is 58.6 Å². The minimum atomic E-state index is -6.86. The third-order valence-corrected chi connectivity index (χ3v) is 7.02. The number of halogens is 13. The van der Waals surface area contributed by atoms with Crippen molar-refractivity contribution in [2.45, 2.75) is 37.2 Å². The molecule has 0 saturated carbocycles. The molecule has 8 nitrogen and oxygen atoms in total. The van der Waals surface area contributed by atoms with Gasteiger partial charge in [0.1, 0.15) is 17.1 Å². The maximum absolute atomic E-state index is 14.3. The second kappa shape index (κ2) is 12.0. The summed E-state index contributed by atoms with van der Waals surface area (Å²) in [4.78, 5) is 29.1. The molecular weight excluding hydrogens is 715 g/mol. The number of alkyl halides is 10. The highest BCUT2D eigenvalue weighted by molar-refractivity contribution is 6.36. The molecule has 0 radical (unpaired) electrons. The van der Waals surface area contributed by atoms with E-state index in [1.807, 2.05) is 0 Å². The second-order valence-electron chi connectivity index (χ2n) is 9.28. The number of carbonyl (C=O) groups is 2. The highest BCUT2D eigenvalue weighted by Gasteiger charge is 2.74. The molecule has 1 N–H and O–H groups in total. The molecule has 0 aliphatic heterocycles. The van der Waals surface area contributed by atoms with E-state index in [9.17, 15) is 58.6 Å². The summed E-state index contributed by atoms with van der Waals surface area (Å²) in [6.07, 6.45) is -12.1. The zero-order valence-electron chi connectivity index (χ0n) is 21.9. The van der Waals surface area contributed by atoms with Gasteiger partial charge in [-0.1, -0.05) is 34.8 Å². The van der Waals surface area contributed by atoms with E-state index in [-0.39, 0.29) is 31.1 Å². The first kappa shape index (κ1) is 35.0. The number of benzene rings is 1. The number of nitrogens with zero attached hydrogens (tertiary/aromatic N) is 5. The molecular formula is C25H12Cl3F10N5O3. The summed E-state index contributed by atoms with van der Waals surface area (Å²) >= 11 is 18.1. The predicted molar refractivity (Wildman–Crippen MR) is 139 cm³/mol. The Balaban J connectivity index is 1.84. The number of hydrogen-bond donors (Lipinski definition) is 1. The van der Waals surface area contributed by atoms with Crippen LogP contribution in [0, 0.1) is 0 Å². The molecule has 0 amide bonds. The first-order valence-electron chi connectivity index (χ1n) is 12.0. The fourth-order valence-electron chi connectivity index (χ4n) is 4.04. The van der Waals surface area contributed by atoms with Gasteiger partial charge in [0.25, 0.3) is 0 Å². The van der Waals surface area contributed by atoms with Crippen molar-refractivity contribution in [3.8, 4) is 5.82 Å². The SMILES string of the molecule is O=C(O)c1cc(Cl)cc(Cl)c1CC(=O)c1cc(Cn2nc(C(F)(F)C(F)(F)C(F)(F)F)cc2C(F)(F)F)nn1-c1ncccc1Cl. The van der Waals surface area contributed by atoms with E-state index in [0.29, 0.717) is 4.68 Å². The number of hydrogen-bond acceptors (Lipinski definition) is 5. The van der Waals surface area contributed by atoms with Gasteiger partial charge in [0, 0.05) is 22.7 Å². The summed E-state index contributed by atoms with van der Waals surface area (Å²) in [5.41, 5.74) is -6.55. The van der Waals surface area contributed by atoms with Gasteiger partial charge in [0.05, 0.1) is 22.8 Å². The van der Waals surface area contributed by atoms with Crippen LogP contribution in [-0.4, -0.2) is 53.5 Å². The highest BCUT2D eigenvalue weighted by Crippen LogP contribution is 2.52.